The molecule has 2 heterocycles. The Balaban J connectivity index is 1.56. The summed E-state index contributed by atoms with van der Waals surface area (Å²) < 4.78 is 6.68. The first-order valence-corrected chi connectivity index (χ1v) is 8.82. The van der Waals surface area contributed by atoms with E-state index >= 15 is 0 Å². The molecule has 10 heteroatoms. The van der Waals surface area contributed by atoms with Crippen molar-refractivity contribution in [1.82, 2.24) is 25.6 Å². The van der Waals surface area contributed by atoms with Crippen LogP contribution in [0.2, 0.25) is 5.02 Å². The van der Waals surface area contributed by atoms with Crippen LogP contribution in [0.4, 0.5) is 0 Å². The molecule has 3 rings (SSSR count). The van der Waals surface area contributed by atoms with Crippen molar-refractivity contribution >= 4 is 35.2 Å². The van der Waals surface area contributed by atoms with E-state index in [1.807, 2.05) is 18.2 Å². The van der Waals surface area contributed by atoms with Crippen molar-refractivity contribution < 1.29 is 14.0 Å². The van der Waals surface area contributed by atoms with Gasteiger partial charge in [0.25, 0.3) is 0 Å². The van der Waals surface area contributed by atoms with Crippen LogP contribution >= 0.6 is 23.4 Å². The summed E-state index contributed by atoms with van der Waals surface area (Å²) in [5.74, 6) is -0.169. The van der Waals surface area contributed by atoms with Crippen molar-refractivity contribution in [2.45, 2.75) is 5.16 Å². The fourth-order valence-electron chi connectivity index (χ4n) is 2.08. The number of nitrogens with one attached hydrogen (secondary N) is 2. The molecule has 2 N–H and O–H groups in total. The highest BCUT2D eigenvalue weighted by molar-refractivity contribution is 7.99. The quantitative estimate of drug-likeness (QED) is 0.511. The summed E-state index contributed by atoms with van der Waals surface area (Å²) in [6.45, 7) is 0. The lowest BCUT2D eigenvalue weighted by Gasteiger charge is -2.06. The van der Waals surface area contributed by atoms with Crippen LogP contribution in [0.1, 0.15) is 10.6 Å². The van der Waals surface area contributed by atoms with Gasteiger partial charge in [0, 0.05) is 12.6 Å². The number of aromatic nitrogens is 3. The van der Waals surface area contributed by atoms with E-state index in [-0.39, 0.29) is 11.5 Å². The number of hydrogen-bond donors (Lipinski definition) is 2. The molecule has 2 amide bonds. The lowest BCUT2D eigenvalue weighted by molar-refractivity contribution is -0.119. The first kappa shape index (κ1) is 18.0. The standard InChI is InChI=1S/C16H14ClN5O3S/c1-22-14(10-5-2-3-6-11(10)17)19-21-16(22)26-9-13(23)18-20-15(24)12-7-4-8-25-12/h2-8H,9H2,1H3,(H,18,23)(H,20,24). The van der Waals surface area contributed by atoms with E-state index in [0.29, 0.717) is 16.0 Å². The number of hydrazine groups is 1. The minimum atomic E-state index is -0.534. The number of halogens is 1. The molecule has 0 aliphatic carbocycles. The van der Waals surface area contributed by atoms with Gasteiger partial charge in [0.15, 0.2) is 16.7 Å². The van der Waals surface area contributed by atoms with Gasteiger partial charge in [0.2, 0.25) is 5.91 Å². The molecule has 2 aromatic heterocycles. The van der Waals surface area contributed by atoms with Crippen molar-refractivity contribution in [3.8, 4) is 11.4 Å². The Bertz CT molecular complexity index is 926. The van der Waals surface area contributed by atoms with Crippen LogP contribution < -0.4 is 10.9 Å². The van der Waals surface area contributed by atoms with Crippen LogP contribution in [0.25, 0.3) is 11.4 Å². The fourth-order valence-corrected chi connectivity index (χ4v) is 3.01. The molecular weight excluding hydrogens is 378 g/mol. The van der Waals surface area contributed by atoms with Gasteiger partial charge in [-0.3, -0.25) is 20.4 Å². The summed E-state index contributed by atoms with van der Waals surface area (Å²) >= 11 is 7.37. The molecule has 0 unspecified atom stereocenters. The van der Waals surface area contributed by atoms with Gasteiger partial charge in [-0.2, -0.15) is 0 Å². The average Bonchev–Trinajstić information content (AvgIpc) is 3.29. The Morgan fingerprint density at radius 2 is 2.00 bits per heavy atom. The number of amides is 2. The maximum atomic E-state index is 11.9. The number of thioether (sulfide) groups is 1. The lowest BCUT2D eigenvalue weighted by atomic mass is 10.2. The van der Waals surface area contributed by atoms with Gasteiger partial charge in [-0.15, -0.1) is 10.2 Å². The first-order chi connectivity index (χ1) is 12.6. The second-order valence-corrected chi connectivity index (χ2v) is 6.46. The average molecular weight is 392 g/mol. The van der Waals surface area contributed by atoms with Crippen molar-refractivity contribution in [3.05, 3.63) is 53.4 Å². The Morgan fingerprint density at radius 3 is 2.73 bits per heavy atom. The van der Waals surface area contributed by atoms with Crippen molar-refractivity contribution in [3.63, 3.8) is 0 Å². The Labute approximate surface area is 157 Å². The van der Waals surface area contributed by atoms with Gasteiger partial charge in [-0.05, 0) is 24.3 Å². The van der Waals surface area contributed by atoms with Gasteiger partial charge >= 0.3 is 5.91 Å². The Hall–Kier alpha value is -2.78. The van der Waals surface area contributed by atoms with Crippen molar-refractivity contribution in [2.75, 3.05) is 5.75 Å². The molecule has 0 aliphatic rings. The van der Waals surface area contributed by atoms with Crippen LogP contribution in [0.5, 0.6) is 0 Å². The monoisotopic (exact) mass is 391 g/mol. The Morgan fingerprint density at radius 1 is 1.19 bits per heavy atom. The molecule has 1 aromatic carbocycles. The number of rotatable bonds is 5. The van der Waals surface area contributed by atoms with Crippen LogP contribution in [0, 0.1) is 0 Å². The summed E-state index contributed by atoms with van der Waals surface area (Å²) in [4.78, 5) is 23.5. The number of nitrogens with zero attached hydrogens (tertiary/aromatic N) is 3. The highest BCUT2D eigenvalue weighted by Crippen LogP contribution is 2.28. The molecular formula is C16H14ClN5O3S. The van der Waals surface area contributed by atoms with Gasteiger partial charge in [0.1, 0.15) is 0 Å². The lowest BCUT2D eigenvalue weighted by Crippen LogP contribution is -2.42. The summed E-state index contributed by atoms with van der Waals surface area (Å²) in [7, 11) is 1.79. The van der Waals surface area contributed by atoms with Crippen LogP contribution in [0.3, 0.4) is 0 Å². The highest BCUT2D eigenvalue weighted by Gasteiger charge is 2.15. The van der Waals surface area contributed by atoms with Crippen molar-refractivity contribution in [1.29, 1.82) is 0 Å². The third-order valence-corrected chi connectivity index (χ3v) is 4.69. The SMILES string of the molecule is Cn1c(SCC(=O)NNC(=O)c2ccco2)nnc1-c1ccccc1Cl. The van der Waals surface area contributed by atoms with Gasteiger partial charge in [-0.1, -0.05) is 35.5 Å². The van der Waals surface area contributed by atoms with E-state index in [4.69, 9.17) is 16.0 Å². The molecule has 0 bridgehead atoms. The molecule has 0 atom stereocenters. The molecule has 3 aromatic rings. The number of carbonyl (C=O) groups is 2. The molecule has 26 heavy (non-hydrogen) atoms. The van der Waals surface area contributed by atoms with E-state index in [2.05, 4.69) is 21.0 Å². The molecule has 8 nitrogen and oxygen atoms in total. The second-order valence-electron chi connectivity index (χ2n) is 5.11. The summed E-state index contributed by atoms with van der Waals surface area (Å²) in [6.07, 6.45) is 1.37. The maximum Gasteiger partial charge on any atom is 0.305 e. The summed E-state index contributed by atoms with van der Waals surface area (Å²) in [5.41, 5.74) is 5.33. The van der Waals surface area contributed by atoms with E-state index in [1.54, 1.807) is 23.7 Å². The number of furan rings is 1. The summed E-state index contributed by atoms with van der Waals surface area (Å²) in [6, 6.07) is 10.4. The van der Waals surface area contributed by atoms with E-state index < -0.39 is 11.8 Å². The van der Waals surface area contributed by atoms with Crippen LogP contribution in [-0.4, -0.2) is 32.3 Å². The fraction of sp³-hybridized carbons (Fsp3) is 0.125. The minimum absolute atomic E-state index is 0.0485. The number of hydrogen-bond acceptors (Lipinski definition) is 6. The van der Waals surface area contributed by atoms with Gasteiger partial charge in [0.05, 0.1) is 17.0 Å². The first-order valence-electron chi connectivity index (χ1n) is 7.46. The third-order valence-electron chi connectivity index (χ3n) is 3.34. The minimum Gasteiger partial charge on any atom is -0.459 e. The molecule has 0 saturated heterocycles. The third kappa shape index (κ3) is 4.06. The molecule has 0 spiro atoms. The topological polar surface area (TPSA) is 102 Å². The highest BCUT2D eigenvalue weighted by atomic mass is 35.5. The maximum absolute atomic E-state index is 11.9. The predicted molar refractivity (Wildman–Crippen MR) is 96.5 cm³/mol. The smallest absolute Gasteiger partial charge is 0.305 e. The Kier molecular flexibility index (Phi) is 5.59. The van der Waals surface area contributed by atoms with E-state index in [0.717, 1.165) is 5.56 Å². The molecule has 134 valence electrons. The zero-order valence-corrected chi connectivity index (χ0v) is 15.2. The van der Waals surface area contributed by atoms with E-state index in [9.17, 15) is 9.59 Å². The largest absolute Gasteiger partial charge is 0.459 e. The van der Waals surface area contributed by atoms with Crippen LogP contribution in [-0.2, 0) is 11.8 Å². The second kappa shape index (κ2) is 8.07. The number of benzene rings is 1. The van der Waals surface area contributed by atoms with Crippen molar-refractivity contribution in [2.24, 2.45) is 7.05 Å². The molecule has 0 saturated carbocycles. The molecule has 0 fully saturated rings. The van der Waals surface area contributed by atoms with Crippen LogP contribution in [0.15, 0.2) is 52.2 Å². The summed E-state index contributed by atoms with van der Waals surface area (Å²) in [5, 5.41) is 9.32. The molecule has 0 radical (unpaired) electrons. The number of carbonyl (C=O) groups excluding carboxylic acids is 2. The van der Waals surface area contributed by atoms with E-state index in [1.165, 1.54) is 24.1 Å². The zero-order valence-electron chi connectivity index (χ0n) is 13.6. The molecule has 0 aliphatic heterocycles. The zero-order chi connectivity index (χ0) is 18.5. The normalized spacial score (nSPS) is 10.5. The van der Waals surface area contributed by atoms with Gasteiger partial charge < -0.3 is 8.98 Å². The van der Waals surface area contributed by atoms with Gasteiger partial charge in [-0.25, -0.2) is 0 Å². The predicted octanol–water partition coefficient (Wildman–Crippen LogP) is 2.28.